The van der Waals surface area contributed by atoms with Crippen molar-refractivity contribution in [2.75, 3.05) is 5.32 Å². The molecule has 11 aromatic rings. The predicted molar refractivity (Wildman–Crippen MR) is 266 cm³/mol. The fourth-order valence-electron chi connectivity index (χ4n) is 11.0. The minimum Gasteiger partial charge on any atom is -0.456 e. The third-order valence-corrected chi connectivity index (χ3v) is 14.3. The number of imidazole rings is 1. The van der Waals surface area contributed by atoms with Gasteiger partial charge in [-0.05, 0) is 92.8 Å². The van der Waals surface area contributed by atoms with Gasteiger partial charge < -0.3 is 18.9 Å². The fourth-order valence-corrected chi connectivity index (χ4v) is 11.0. The molecule has 1 aliphatic carbocycles. The van der Waals surface area contributed by atoms with E-state index in [0.29, 0.717) is 0 Å². The van der Waals surface area contributed by atoms with Crippen LogP contribution in [0.25, 0.3) is 94.1 Å². The van der Waals surface area contributed by atoms with Gasteiger partial charge >= 0.3 is 0 Å². The zero-order valence-electron chi connectivity index (χ0n) is 36.4. The van der Waals surface area contributed by atoms with Crippen LogP contribution in [0.1, 0.15) is 51.3 Å². The van der Waals surface area contributed by atoms with E-state index in [2.05, 4.69) is 202 Å². The summed E-state index contributed by atoms with van der Waals surface area (Å²) in [5.74, 6) is 0.970. The second kappa shape index (κ2) is 12.6. The molecule has 13 rings (SSSR count). The number of nitrogens with one attached hydrogen (secondary N) is 1. The van der Waals surface area contributed by atoms with Gasteiger partial charge in [0.25, 0.3) is 0 Å². The van der Waals surface area contributed by atoms with Gasteiger partial charge in [0.2, 0.25) is 0 Å². The lowest BCUT2D eigenvalue weighted by molar-refractivity contribution is 0.590. The van der Waals surface area contributed by atoms with Gasteiger partial charge in [0.1, 0.15) is 17.0 Å². The van der Waals surface area contributed by atoms with Crippen LogP contribution in [-0.4, -0.2) is 21.4 Å². The number of nitrogens with zero attached hydrogens (tertiary/aromatic N) is 3. The van der Waals surface area contributed by atoms with Crippen molar-refractivity contribution in [1.29, 1.82) is 0 Å². The molecule has 1 N–H and O–H groups in total. The highest BCUT2D eigenvalue weighted by Gasteiger charge is 2.37. The number of aromatic nitrogens is 3. The van der Waals surface area contributed by atoms with Crippen molar-refractivity contribution in [3.8, 4) is 39.3 Å². The van der Waals surface area contributed by atoms with Crippen LogP contribution in [0, 0.1) is 0 Å². The lowest BCUT2D eigenvalue weighted by Gasteiger charge is -2.25. The smallest absolute Gasteiger partial charge is 0.198 e. The summed E-state index contributed by atoms with van der Waals surface area (Å²) < 4.78 is 11.4. The van der Waals surface area contributed by atoms with E-state index in [1.54, 1.807) is 0 Å². The molecule has 4 heterocycles. The van der Waals surface area contributed by atoms with Gasteiger partial charge in [-0.15, -0.1) is 0 Å². The first-order chi connectivity index (χ1) is 30.5. The maximum atomic E-state index is 6.54. The second-order valence-electron chi connectivity index (χ2n) is 19.4. The van der Waals surface area contributed by atoms with E-state index in [1.165, 1.54) is 71.8 Å². The minimum absolute atomic E-state index is 0.0624. The van der Waals surface area contributed by atoms with Crippen LogP contribution in [0.4, 0.5) is 11.4 Å². The first-order valence-corrected chi connectivity index (χ1v) is 22.1. The molecule has 6 heteroatoms. The lowest BCUT2D eigenvalue weighted by Crippen LogP contribution is -2.37. The summed E-state index contributed by atoms with van der Waals surface area (Å²) in [4.78, 5) is 5.29. The van der Waals surface area contributed by atoms with Gasteiger partial charge in [-0.2, -0.15) is 0 Å². The van der Waals surface area contributed by atoms with Gasteiger partial charge in [-0.1, -0.05) is 137 Å². The summed E-state index contributed by atoms with van der Waals surface area (Å²) >= 11 is 0. The highest BCUT2D eigenvalue weighted by Crippen LogP contribution is 2.51. The van der Waals surface area contributed by atoms with Gasteiger partial charge in [-0.25, -0.2) is 4.98 Å². The van der Waals surface area contributed by atoms with Crippen molar-refractivity contribution < 1.29 is 4.42 Å². The number of hydrogen-bond acceptors (Lipinski definition) is 3. The number of anilines is 2. The Morgan fingerprint density at radius 2 is 1.38 bits per heavy atom. The van der Waals surface area contributed by atoms with Crippen molar-refractivity contribution in [2.45, 2.75) is 45.4 Å². The average molecular weight is 813 g/mol. The summed E-state index contributed by atoms with van der Waals surface area (Å²) in [6.07, 6.45) is 0. The fraction of sp³-hybridized carbons (Fsp3) is 0.140. The van der Waals surface area contributed by atoms with Crippen LogP contribution >= 0.6 is 0 Å². The number of benzene rings is 8. The van der Waals surface area contributed by atoms with E-state index in [0.717, 1.165) is 68.6 Å². The van der Waals surface area contributed by atoms with E-state index in [-0.39, 0.29) is 10.8 Å². The Hall–Kier alpha value is -7.31. The highest BCUT2D eigenvalue weighted by atomic mass is 16.3. The molecule has 0 saturated heterocycles. The number of hydrogen-bond donors (Lipinski definition) is 1. The average Bonchev–Trinajstić information content (AvgIpc) is 3.99. The number of para-hydroxylation sites is 1. The molecule has 0 radical (unpaired) electrons. The molecule has 0 spiro atoms. The zero-order chi connectivity index (χ0) is 42.5. The summed E-state index contributed by atoms with van der Waals surface area (Å²) in [6.45, 7) is 11.5. The second-order valence-corrected chi connectivity index (χ2v) is 19.4. The van der Waals surface area contributed by atoms with Crippen LogP contribution in [0.15, 0.2) is 156 Å². The van der Waals surface area contributed by atoms with Crippen molar-refractivity contribution in [3.05, 3.63) is 168 Å². The molecular formula is C57H45BN4O. The van der Waals surface area contributed by atoms with Crippen molar-refractivity contribution in [3.63, 3.8) is 0 Å². The van der Waals surface area contributed by atoms with Gasteiger partial charge in [0, 0.05) is 68.1 Å². The largest absolute Gasteiger partial charge is 0.456 e. The molecule has 0 fully saturated rings. The Balaban J connectivity index is 1.10. The van der Waals surface area contributed by atoms with Crippen LogP contribution < -0.4 is 16.2 Å². The molecule has 2 aliphatic rings. The van der Waals surface area contributed by atoms with Crippen LogP contribution in [0.2, 0.25) is 0 Å². The summed E-state index contributed by atoms with van der Waals surface area (Å²) in [5, 5.41) is 8.66. The van der Waals surface area contributed by atoms with E-state index in [9.17, 15) is 0 Å². The third-order valence-electron chi connectivity index (χ3n) is 14.3. The molecule has 1 aliphatic heterocycles. The first kappa shape index (κ1) is 36.4. The summed E-state index contributed by atoms with van der Waals surface area (Å²) in [6, 6.07) is 55.8. The highest BCUT2D eigenvalue weighted by molar-refractivity contribution is 6.73. The Morgan fingerprint density at radius 1 is 0.619 bits per heavy atom. The Labute approximate surface area is 366 Å². The Bertz CT molecular complexity index is 3750. The van der Waals surface area contributed by atoms with Crippen molar-refractivity contribution >= 4 is 84.4 Å². The molecule has 0 amide bonds. The molecule has 0 unspecified atom stereocenters. The van der Waals surface area contributed by atoms with E-state index < -0.39 is 0 Å². The number of rotatable bonds is 4. The molecule has 63 heavy (non-hydrogen) atoms. The van der Waals surface area contributed by atoms with Crippen LogP contribution in [0.5, 0.6) is 0 Å². The van der Waals surface area contributed by atoms with Crippen molar-refractivity contribution in [2.24, 2.45) is 7.05 Å². The Kier molecular flexibility index (Phi) is 7.29. The maximum absolute atomic E-state index is 6.54. The number of aryl methyl sites for hydroxylation is 1. The molecule has 8 aromatic carbocycles. The number of fused-ring (bicyclic) bond motifs is 12. The molecule has 3 aromatic heterocycles. The van der Waals surface area contributed by atoms with Gasteiger partial charge in [0.15, 0.2) is 7.28 Å². The summed E-state index contributed by atoms with van der Waals surface area (Å²) in [7, 11) is 2.92. The molecule has 5 nitrogen and oxygen atoms in total. The third kappa shape index (κ3) is 5.15. The zero-order valence-corrected chi connectivity index (χ0v) is 36.4. The van der Waals surface area contributed by atoms with Crippen molar-refractivity contribution in [1.82, 2.24) is 14.1 Å². The summed E-state index contributed by atoms with van der Waals surface area (Å²) in [5.41, 5.74) is 22.4. The van der Waals surface area contributed by atoms with Gasteiger partial charge in [0.05, 0.1) is 22.2 Å². The first-order valence-electron chi connectivity index (χ1n) is 22.1. The molecule has 0 atom stereocenters. The maximum Gasteiger partial charge on any atom is 0.198 e. The Morgan fingerprint density at radius 3 is 2.21 bits per heavy atom. The van der Waals surface area contributed by atoms with Crippen LogP contribution in [-0.2, 0) is 17.9 Å². The van der Waals surface area contributed by atoms with E-state index >= 15 is 0 Å². The lowest BCUT2D eigenvalue weighted by atomic mass is 9.59. The standard InChI is InChI=1S/C57H45BN4O/c1-56(2,3)33-20-22-34(23-21-33)59-46-30-52-42(36-17-11-13-19-51(36)63-52)27-40(46)37-24-25-38-41-26-39-35-16-10-12-18-43(35)57(4,5)44(39)28-48(41)62-49-31-50-47(29-45(49)58-53(37)54(38)62)60-55(61(50)6)32-14-8-7-9-15-32/h7-31,58-59H,1-6H3. The minimum atomic E-state index is -0.132. The molecule has 302 valence electrons. The monoisotopic (exact) mass is 812 g/mol. The topological polar surface area (TPSA) is 47.9 Å². The SMILES string of the molecule is Cn1c(-c2ccccc2)nc2cc3c(cc21)-n1c2cc4c(cc2c2ccc(-c5cc6c(cc5Nc5ccc(C(C)(C)C)cc5)oc5ccccc56)c(c21)B3)-c1ccccc1C4(C)C. The quantitative estimate of drug-likeness (QED) is 0.180. The molecular weight excluding hydrogens is 767 g/mol. The number of furan rings is 1. The van der Waals surface area contributed by atoms with E-state index in [1.807, 2.05) is 6.07 Å². The molecule has 0 saturated carbocycles. The predicted octanol–water partition coefficient (Wildman–Crippen LogP) is 13.0. The normalized spacial score (nSPS) is 13.8. The van der Waals surface area contributed by atoms with Gasteiger partial charge in [-0.3, -0.25) is 0 Å². The molecule has 0 bridgehead atoms. The van der Waals surface area contributed by atoms with E-state index in [4.69, 9.17) is 9.40 Å². The van der Waals surface area contributed by atoms with Crippen LogP contribution in [0.3, 0.4) is 0 Å².